The summed E-state index contributed by atoms with van der Waals surface area (Å²) in [5, 5.41) is 4.36. The molecule has 10 aromatic rings. The average molecular weight is 641 g/mol. The molecular formula is C45H28N4O. The fourth-order valence-electron chi connectivity index (χ4n) is 7.17. The quantitative estimate of drug-likeness (QED) is 0.188. The SMILES string of the molecule is c1ccc(-c2ccc(-c3nc(-c4ccccc4)nc(-c4cccc5oc6ccc7c8ccccc8n(-c8ccccc8)c7c6c45)n3)cc2)cc1. The van der Waals surface area contributed by atoms with Crippen molar-refractivity contribution in [3.8, 4) is 51.0 Å². The molecule has 234 valence electrons. The van der Waals surface area contributed by atoms with E-state index in [0.29, 0.717) is 17.5 Å². The van der Waals surface area contributed by atoms with Crippen LogP contribution in [0.1, 0.15) is 0 Å². The van der Waals surface area contributed by atoms with Crippen LogP contribution in [0.25, 0.3) is 94.7 Å². The highest BCUT2D eigenvalue weighted by Gasteiger charge is 2.22. The van der Waals surface area contributed by atoms with Crippen LogP contribution in [0.4, 0.5) is 0 Å². The van der Waals surface area contributed by atoms with Crippen LogP contribution in [0.15, 0.2) is 174 Å². The van der Waals surface area contributed by atoms with Crippen molar-refractivity contribution in [2.75, 3.05) is 0 Å². The van der Waals surface area contributed by atoms with Gasteiger partial charge in [0.1, 0.15) is 11.2 Å². The van der Waals surface area contributed by atoms with Crippen molar-refractivity contribution >= 4 is 43.7 Å². The van der Waals surface area contributed by atoms with E-state index in [9.17, 15) is 0 Å². The van der Waals surface area contributed by atoms with Gasteiger partial charge in [-0.2, -0.15) is 0 Å². The van der Waals surface area contributed by atoms with Crippen molar-refractivity contribution in [1.29, 1.82) is 0 Å². The molecule has 0 aliphatic carbocycles. The van der Waals surface area contributed by atoms with Crippen LogP contribution >= 0.6 is 0 Å². The van der Waals surface area contributed by atoms with E-state index < -0.39 is 0 Å². The molecule has 0 aliphatic rings. The van der Waals surface area contributed by atoms with E-state index in [-0.39, 0.29) is 0 Å². The van der Waals surface area contributed by atoms with Gasteiger partial charge in [0.2, 0.25) is 0 Å². The summed E-state index contributed by atoms with van der Waals surface area (Å²) in [6, 6.07) is 58.4. The van der Waals surface area contributed by atoms with Gasteiger partial charge in [0.25, 0.3) is 0 Å². The third kappa shape index (κ3) is 4.52. The first-order chi connectivity index (χ1) is 24.8. The van der Waals surface area contributed by atoms with Gasteiger partial charge in [0, 0.05) is 38.5 Å². The highest BCUT2D eigenvalue weighted by Crippen LogP contribution is 2.43. The lowest BCUT2D eigenvalue weighted by atomic mass is 10.0. The molecule has 0 radical (unpaired) electrons. The van der Waals surface area contributed by atoms with E-state index in [1.54, 1.807) is 0 Å². The molecule has 0 spiro atoms. The van der Waals surface area contributed by atoms with Crippen molar-refractivity contribution < 1.29 is 4.42 Å². The Morgan fingerprint density at radius 3 is 1.68 bits per heavy atom. The number of aromatic nitrogens is 4. The maximum Gasteiger partial charge on any atom is 0.164 e. The first-order valence-electron chi connectivity index (χ1n) is 16.7. The smallest absolute Gasteiger partial charge is 0.164 e. The summed E-state index contributed by atoms with van der Waals surface area (Å²) in [5.41, 5.74) is 9.95. The maximum absolute atomic E-state index is 6.61. The number of nitrogens with zero attached hydrogens (tertiary/aromatic N) is 4. The minimum absolute atomic E-state index is 0.591. The molecule has 0 fully saturated rings. The van der Waals surface area contributed by atoms with Gasteiger partial charge >= 0.3 is 0 Å². The molecule has 0 N–H and O–H groups in total. The summed E-state index contributed by atoms with van der Waals surface area (Å²) >= 11 is 0. The molecule has 0 unspecified atom stereocenters. The molecule has 0 aliphatic heterocycles. The number of benzene rings is 7. The van der Waals surface area contributed by atoms with E-state index >= 15 is 0 Å². The van der Waals surface area contributed by atoms with E-state index in [0.717, 1.165) is 71.9 Å². The van der Waals surface area contributed by atoms with Crippen LogP contribution in [-0.4, -0.2) is 19.5 Å². The molecule has 50 heavy (non-hydrogen) atoms. The Morgan fingerprint density at radius 1 is 0.380 bits per heavy atom. The molecule has 5 heteroatoms. The molecular weight excluding hydrogens is 613 g/mol. The van der Waals surface area contributed by atoms with E-state index in [1.165, 1.54) is 5.39 Å². The van der Waals surface area contributed by atoms with Gasteiger partial charge in [-0.3, -0.25) is 0 Å². The average Bonchev–Trinajstić information content (AvgIpc) is 3.75. The van der Waals surface area contributed by atoms with Crippen molar-refractivity contribution in [1.82, 2.24) is 19.5 Å². The predicted octanol–water partition coefficient (Wildman–Crippen LogP) is 11.5. The van der Waals surface area contributed by atoms with Gasteiger partial charge in [-0.15, -0.1) is 0 Å². The van der Waals surface area contributed by atoms with Crippen LogP contribution in [0.2, 0.25) is 0 Å². The van der Waals surface area contributed by atoms with Crippen LogP contribution in [0.3, 0.4) is 0 Å². The zero-order valence-corrected chi connectivity index (χ0v) is 26.9. The molecule has 0 atom stereocenters. The predicted molar refractivity (Wildman–Crippen MR) is 203 cm³/mol. The summed E-state index contributed by atoms with van der Waals surface area (Å²) in [4.78, 5) is 15.3. The molecule has 7 aromatic carbocycles. The Kier molecular flexibility index (Phi) is 6.42. The van der Waals surface area contributed by atoms with Crippen molar-refractivity contribution in [3.05, 3.63) is 170 Å². The summed E-state index contributed by atoms with van der Waals surface area (Å²) in [6.07, 6.45) is 0. The van der Waals surface area contributed by atoms with Crippen LogP contribution in [0.5, 0.6) is 0 Å². The Balaban J connectivity index is 1.25. The second-order valence-corrected chi connectivity index (χ2v) is 12.4. The van der Waals surface area contributed by atoms with Crippen LogP contribution in [0, 0.1) is 0 Å². The zero-order valence-electron chi connectivity index (χ0n) is 26.9. The molecule has 0 amide bonds. The van der Waals surface area contributed by atoms with E-state index in [1.807, 2.05) is 48.5 Å². The maximum atomic E-state index is 6.61. The van der Waals surface area contributed by atoms with Gasteiger partial charge in [-0.1, -0.05) is 133 Å². The molecule has 0 saturated heterocycles. The lowest BCUT2D eigenvalue weighted by molar-refractivity contribution is 0.669. The molecule has 5 nitrogen and oxygen atoms in total. The van der Waals surface area contributed by atoms with Crippen LogP contribution < -0.4 is 0 Å². The van der Waals surface area contributed by atoms with Crippen LogP contribution in [-0.2, 0) is 0 Å². The highest BCUT2D eigenvalue weighted by atomic mass is 16.3. The second kappa shape index (κ2) is 11.4. The Labute approximate surface area is 287 Å². The molecule has 3 heterocycles. The summed E-state index contributed by atoms with van der Waals surface area (Å²) < 4.78 is 8.96. The van der Waals surface area contributed by atoms with Gasteiger partial charge < -0.3 is 8.98 Å². The van der Waals surface area contributed by atoms with Gasteiger partial charge in [0.15, 0.2) is 17.5 Å². The fraction of sp³-hybridized carbons (Fsp3) is 0. The highest BCUT2D eigenvalue weighted by molar-refractivity contribution is 6.26. The second-order valence-electron chi connectivity index (χ2n) is 12.4. The van der Waals surface area contributed by atoms with Gasteiger partial charge in [-0.05, 0) is 47.5 Å². The number of fused-ring (bicyclic) bond motifs is 7. The van der Waals surface area contributed by atoms with Crippen molar-refractivity contribution in [2.45, 2.75) is 0 Å². The summed E-state index contributed by atoms with van der Waals surface area (Å²) in [6.45, 7) is 0. The van der Waals surface area contributed by atoms with E-state index in [4.69, 9.17) is 19.4 Å². The Morgan fingerprint density at radius 2 is 0.940 bits per heavy atom. The van der Waals surface area contributed by atoms with Gasteiger partial charge in [0.05, 0.1) is 16.4 Å². The topological polar surface area (TPSA) is 56.7 Å². The fourth-order valence-corrected chi connectivity index (χ4v) is 7.17. The number of hydrogen-bond acceptors (Lipinski definition) is 4. The zero-order chi connectivity index (χ0) is 33.0. The molecule has 0 bridgehead atoms. The third-order valence-electron chi connectivity index (χ3n) is 9.47. The summed E-state index contributed by atoms with van der Waals surface area (Å²) in [5.74, 6) is 1.82. The Bertz CT molecular complexity index is 2840. The number of para-hydroxylation sites is 2. The van der Waals surface area contributed by atoms with Crippen molar-refractivity contribution in [2.24, 2.45) is 0 Å². The number of rotatable bonds is 5. The monoisotopic (exact) mass is 640 g/mol. The lowest BCUT2D eigenvalue weighted by Crippen LogP contribution is -2.00. The third-order valence-corrected chi connectivity index (χ3v) is 9.47. The Hall–Kier alpha value is -6.85. The van der Waals surface area contributed by atoms with Crippen molar-refractivity contribution in [3.63, 3.8) is 0 Å². The molecule has 10 rings (SSSR count). The standard InChI is InChI=1S/C45H28N4O/c1-4-13-29(14-5-1)30-23-25-32(26-24-30)44-46-43(31-15-6-2-7-16-31)47-45(48-44)36-20-12-22-38-40(36)41-39(50-38)28-27-35-34-19-10-11-21-37(34)49(42(35)41)33-17-8-3-9-18-33/h1-28H. The summed E-state index contributed by atoms with van der Waals surface area (Å²) in [7, 11) is 0. The lowest BCUT2D eigenvalue weighted by Gasteiger charge is -2.11. The first kappa shape index (κ1) is 28.2. The normalized spacial score (nSPS) is 11.6. The minimum atomic E-state index is 0.591. The number of furan rings is 1. The largest absolute Gasteiger partial charge is 0.456 e. The molecule has 0 saturated carbocycles. The number of hydrogen-bond donors (Lipinski definition) is 0. The molecule has 3 aromatic heterocycles. The van der Waals surface area contributed by atoms with E-state index in [2.05, 4.69) is 126 Å². The van der Waals surface area contributed by atoms with Gasteiger partial charge in [-0.25, -0.2) is 15.0 Å². The minimum Gasteiger partial charge on any atom is -0.456 e. The first-order valence-corrected chi connectivity index (χ1v) is 16.7.